The van der Waals surface area contributed by atoms with Crippen LogP contribution in [0.2, 0.25) is 5.02 Å². The molecule has 5 rings (SSSR count). The van der Waals surface area contributed by atoms with Crippen LogP contribution in [0.25, 0.3) is 0 Å². The molecule has 0 spiro atoms. The number of hydrogen-bond acceptors (Lipinski definition) is 10. The Kier molecular flexibility index (Phi) is 11.5. The Morgan fingerprint density at radius 3 is 2.58 bits per heavy atom. The van der Waals surface area contributed by atoms with E-state index >= 15 is 0 Å². The van der Waals surface area contributed by atoms with Crippen LogP contribution in [0, 0.1) is 11.7 Å². The van der Waals surface area contributed by atoms with E-state index in [1.54, 1.807) is 45.2 Å². The number of ether oxygens (including phenoxy) is 5. The first-order valence-electron chi connectivity index (χ1n) is 16.9. The molecule has 2 fully saturated rings. The maximum atomic E-state index is 14.6. The highest BCUT2D eigenvalue weighted by atomic mass is 35.5. The number of ketones is 1. The average Bonchev–Trinajstić information content (AvgIpc) is 3.77. The van der Waals surface area contributed by atoms with Gasteiger partial charge in [-0.05, 0) is 62.6 Å². The molecule has 12 nitrogen and oxygen atoms in total. The van der Waals surface area contributed by atoms with Gasteiger partial charge in [0.15, 0.2) is 11.5 Å². The number of esters is 1. The van der Waals surface area contributed by atoms with E-state index in [4.69, 9.17) is 35.3 Å². The SMILES string of the molecule is COc1cc2cc(c1Cl)N(C)C(=O)C[C@H](OC(=O)Cc1ccc(C(C)=O)c(F)c1)[C@]1(C)O[C@H]1[C@H](C)[C@@H]1C[C@@](O)(NC(=O)O1)[C@H](OC)/C=C/C=C(\C)C2. The number of rotatable bonds is 6. The Morgan fingerprint density at radius 2 is 1.92 bits per heavy atom. The van der Waals surface area contributed by atoms with Crippen molar-refractivity contribution in [2.75, 3.05) is 26.2 Å². The van der Waals surface area contributed by atoms with Crippen LogP contribution in [0.1, 0.15) is 62.0 Å². The lowest BCUT2D eigenvalue weighted by molar-refractivity contribution is -0.153. The Hall–Kier alpha value is -4.30. The molecule has 14 heteroatoms. The number of aliphatic hydroxyl groups is 1. The largest absolute Gasteiger partial charge is 0.495 e. The summed E-state index contributed by atoms with van der Waals surface area (Å²) in [5.41, 5.74) is -0.852. The van der Waals surface area contributed by atoms with Gasteiger partial charge >= 0.3 is 12.1 Å². The van der Waals surface area contributed by atoms with Crippen molar-refractivity contribution in [3.63, 3.8) is 0 Å². The van der Waals surface area contributed by atoms with E-state index in [1.165, 1.54) is 38.2 Å². The highest BCUT2D eigenvalue weighted by molar-refractivity contribution is 6.35. The highest BCUT2D eigenvalue weighted by Crippen LogP contribution is 2.49. The summed E-state index contributed by atoms with van der Waals surface area (Å²) < 4.78 is 43.5. The molecule has 4 bridgehead atoms. The zero-order valence-electron chi connectivity index (χ0n) is 30.2. The number of nitrogens with zero attached hydrogens (tertiary/aromatic N) is 1. The predicted octanol–water partition coefficient (Wildman–Crippen LogP) is 5.25. The van der Waals surface area contributed by atoms with Crippen LogP contribution in [-0.2, 0) is 41.4 Å². The van der Waals surface area contributed by atoms with Crippen molar-refractivity contribution < 1.29 is 52.4 Å². The summed E-state index contributed by atoms with van der Waals surface area (Å²) in [6, 6.07) is 7.40. The van der Waals surface area contributed by atoms with Crippen molar-refractivity contribution in [1.29, 1.82) is 0 Å². The van der Waals surface area contributed by atoms with Crippen LogP contribution < -0.4 is 15.0 Å². The maximum absolute atomic E-state index is 14.6. The number of halogens is 2. The molecule has 52 heavy (non-hydrogen) atoms. The van der Waals surface area contributed by atoms with Gasteiger partial charge in [-0.1, -0.05) is 48.4 Å². The van der Waals surface area contributed by atoms with E-state index in [0.29, 0.717) is 17.9 Å². The van der Waals surface area contributed by atoms with E-state index in [0.717, 1.165) is 17.2 Å². The molecule has 2 amide bonds. The molecule has 0 unspecified atom stereocenters. The van der Waals surface area contributed by atoms with Crippen molar-refractivity contribution in [3.8, 4) is 5.75 Å². The number of nitrogens with one attached hydrogen (secondary N) is 1. The third-order valence-electron chi connectivity index (χ3n) is 9.99. The minimum Gasteiger partial charge on any atom is -0.495 e. The third-order valence-corrected chi connectivity index (χ3v) is 10.4. The third kappa shape index (κ3) is 8.17. The standard InChI is InChI=1S/C38H44ClFN2O10/c1-20-9-8-10-30(49-7)38(47)19-29(50-36(46)41-38)21(2)35-37(4,52-35)31(51-33(45)17-23-11-12-25(22(3)43)26(40)14-23)18-32(44)42(5)27-15-24(13-20)16-28(48-6)34(27)39/h8-12,14-16,21,29-31,35,47H,13,17-19H2,1-7H3,(H,41,46)/b10-8+,20-9+/t21-,29+,30-,31+,35+,37+,38+/m1/s1. The Morgan fingerprint density at radius 1 is 1.19 bits per heavy atom. The summed E-state index contributed by atoms with van der Waals surface area (Å²) in [6.07, 6.45) is 0.373. The zero-order valence-corrected chi connectivity index (χ0v) is 30.9. The quantitative estimate of drug-likeness (QED) is 0.228. The summed E-state index contributed by atoms with van der Waals surface area (Å²) in [5, 5.41) is 14.4. The second-order valence-corrected chi connectivity index (χ2v) is 14.2. The molecule has 3 aliphatic rings. The lowest BCUT2D eigenvalue weighted by Gasteiger charge is -2.42. The molecule has 2 saturated heterocycles. The van der Waals surface area contributed by atoms with Gasteiger partial charge in [-0.2, -0.15) is 0 Å². The van der Waals surface area contributed by atoms with Crippen LogP contribution >= 0.6 is 11.6 Å². The van der Waals surface area contributed by atoms with E-state index in [1.807, 2.05) is 13.0 Å². The minimum atomic E-state index is -1.84. The first-order chi connectivity index (χ1) is 24.5. The van der Waals surface area contributed by atoms with E-state index < -0.39 is 71.2 Å². The number of benzene rings is 2. The Labute approximate surface area is 306 Å². The molecule has 0 saturated carbocycles. The number of carbonyl (C=O) groups excluding carboxylic acids is 4. The molecule has 2 aromatic carbocycles. The van der Waals surface area contributed by atoms with Gasteiger partial charge in [0, 0.05) is 26.5 Å². The van der Waals surface area contributed by atoms with Crippen LogP contribution in [0.5, 0.6) is 5.75 Å². The number of anilines is 1. The molecule has 0 aliphatic carbocycles. The molecule has 0 radical (unpaired) electrons. The van der Waals surface area contributed by atoms with Crippen molar-refractivity contribution in [1.82, 2.24) is 5.32 Å². The second kappa shape index (κ2) is 15.4. The lowest BCUT2D eigenvalue weighted by atomic mass is 9.83. The van der Waals surface area contributed by atoms with Gasteiger partial charge < -0.3 is 33.7 Å². The van der Waals surface area contributed by atoms with Crippen LogP contribution in [0.3, 0.4) is 0 Å². The van der Waals surface area contributed by atoms with Gasteiger partial charge in [-0.15, -0.1) is 0 Å². The molecule has 2 N–H and O–H groups in total. The normalized spacial score (nSPS) is 30.9. The summed E-state index contributed by atoms with van der Waals surface area (Å²) in [6.45, 7) is 6.61. The Balaban J connectivity index is 1.53. The van der Waals surface area contributed by atoms with Crippen molar-refractivity contribution in [2.45, 2.75) is 89.1 Å². The molecular weight excluding hydrogens is 699 g/mol. The van der Waals surface area contributed by atoms with Gasteiger partial charge in [0.25, 0.3) is 0 Å². The van der Waals surface area contributed by atoms with E-state index in [9.17, 15) is 28.7 Å². The maximum Gasteiger partial charge on any atom is 0.409 e. The number of Topliss-reactive ketones (excluding diaryl/α,β-unsaturated/α-hetero) is 1. The number of hydrogen-bond donors (Lipinski definition) is 2. The van der Waals surface area contributed by atoms with Crippen LogP contribution in [-0.4, -0.2) is 85.9 Å². The molecular formula is C38H44ClFN2O10. The van der Waals surface area contributed by atoms with Gasteiger partial charge in [0.2, 0.25) is 5.91 Å². The van der Waals surface area contributed by atoms with Gasteiger partial charge in [-0.3, -0.25) is 19.7 Å². The smallest absolute Gasteiger partial charge is 0.409 e. The number of fused-ring (bicyclic) bond motifs is 5. The Bertz CT molecular complexity index is 1820. The second-order valence-electron chi connectivity index (χ2n) is 13.8. The number of epoxide rings is 1. The first kappa shape index (κ1) is 38.9. The van der Waals surface area contributed by atoms with Crippen molar-refractivity contribution in [3.05, 3.63) is 81.7 Å². The molecule has 3 aliphatic heterocycles. The first-order valence-corrected chi connectivity index (χ1v) is 17.2. The number of alkyl carbamates (subject to hydrolysis) is 1. The number of carbonyl (C=O) groups is 4. The van der Waals surface area contributed by atoms with Crippen molar-refractivity contribution in [2.24, 2.45) is 5.92 Å². The van der Waals surface area contributed by atoms with Crippen molar-refractivity contribution >= 4 is 41.0 Å². The minimum absolute atomic E-state index is 0.0700. The molecule has 280 valence electrons. The zero-order chi connectivity index (χ0) is 38.1. The number of methoxy groups -OCH3 is 2. The lowest BCUT2D eigenvalue weighted by Crippen LogP contribution is -2.63. The topological polar surface area (TPSA) is 153 Å². The summed E-state index contributed by atoms with van der Waals surface area (Å²) in [5.74, 6) is -2.65. The fourth-order valence-electron chi connectivity index (χ4n) is 6.93. The summed E-state index contributed by atoms with van der Waals surface area (Å²) in [7, 11) is 4.44. The number of amides is 2. The monoisotopic (exact) mass is 742 g/mol. The summed E-state index contributed by atoms with van der Waals surface area (Å²) >= 11 is 6.72. The molecule has 0 aromatic heterocycles. The molecule has 3 heterocycles. The average molecular weight is 743 g/mol. The van der Waals surface area contributed by atoms with E-state index in [-0.39, 0.29) is 35.4 Å². The van der Waals surface area contributed by atoms with Gasteiger partial charge in [-0.25, -0.2) is 9.18 Å². The molecule has 7 atom stereocenters. The van der Waals surface area contributed by atoms with Crippen LogP contribution in [0.4, 0.5) is 14.9 Å². The van der Waals surface area contributed by atoms with Gasteiger partial charge in [0.1, 0.15) is 40.5 Å². The number of allylic oxidation sites excluding steroid dienone is 3. The van der Waals surface area contributed by atoms with E-state index in [2.05, 4.69) is 5.32 Å². The van der Waals surface area contributed by atoms with Gasteiger partial charge in [0.05, 0.1) is 37.3 Å². The van der Waals surface area contributed by atoms with Crippen LogP contribution in [0.15, 0.2) is 54.1 Å². The predicted molar refractivity (Wildman–Crippen MR) is 189 cm³/mol. The fraction of sp³-hybridized carbons (Fsp3) is 0.474. The summed E-state index contributed by atoms with van der Waals surface area (Å²) in [4.78, 5) is 53.3. The fourth-order valence-corrected chi connectivity index (χ4v) is 7.24. The molecule has 2 aromatic rings. The highest BCUT2D eigenvalue weighted by Gasteiger charge is 2.64.